The third kappa shape index (κ3) is 4.03. The lowest BCUT2D eigenvalue weighted by Crippen LogP contribution is -2.53. The molecule has 100 valence electrons. The minimum atomic E-state index is -0.607. The normalized spacial score (nSPS) is 14.2. The molecule has 0 radical (unpaired) electrons. The van der Waals surface area contributed by atoms with Gasteiger partial charge in [0.25, 0.3) is 0 Å². The molecule has 4 heteroatoms. The van der Waals surface area contributed by atoms with Crippen molar-refractivity contribution in [2.75, 3.05) is 12.3 Å². The number of primary amides is 1. The van der Waals surface area contributed by atoms with Crippen molar-refractivity contribution >= 4 is 17.7 Å². The number of likely N-dealkylation sites (N-methyl/N-ethyl adjacent to an activating group) is 1. The zero-order valence-corrected chi connectivity index (χ0v) is 12.1. The van der Waals surface area contributed by atoms with Gasteiger partial charge in [-0.05, 0) is 38.4 Å². The SMILES string of the molecule is CCNC(C)(CCSc1ccccc1C)C(N)=O. The van der Waals surface area contributed by atoms with E-state index in [1.807, 2.05) is 26.0 Å². The molecule has 0 aliphatic rings. The van der Waals surface area contributed by atoms with Gasteiger partial charge < -0.3 is 11.1 Å². The standard InChI is InChI=1S/C14H22N2OS/c1-4-16-14(3,13(15)17)9-10-18-12-8-6-5-7-11(12)2/h5-8,16H,4,9-10H2,1-3H3,(H2,15,17). The van der Waals surface area contributed by atoms with E-state index in [0.717, 1.165) is 18.7 Å². The maximum atomic E-state index is 11.5. The summed E-state index contributed by atoms with van der Waals surface area (Å²) in [6.45, 7) is 6.70. The van der Waals surface area contributed by atoms with E-state index in [-0.39, 0.29) is 5.91 Å². The van der Waals surface area contributed by atoms with Crippen LogP contribution in [0.3, 0.4) is 0 Å². The van der Waals surface area contributed by atoms with Gasteiger partial charge in [0.05, 0.1) is 5.54 Å². The predicted octanol–water partition coefficient (Wildman–Crippen LogP) is 2.33. The van der Waals surface area contributed by atoms with Crippen LogP contribution >= 0.6 is 11.8 Å². The van der Waals surface area contributed by atoms with E-state index in [2.05, 4.69) is 24.4 Å². The summed E-state index contributed by atoms with van der Waals surface area (Å²) in [5.74, 6) is 0.590. The molecular weight excluding hydrogens is 244 g/mol. The number of nitrogens with one attached hydrogen (secondary N) is 1. The molecule has 0 aliphatic heterocycles. The fraction of sp³-hybridized carbons (Fsp3) is 0.500. The third-order valence-electron chi connectivity index (χ3n) is 3.06. The number of aryl methyl sites for hydroxylation is 1. The molecule has 0 aliphatic carbocycles. The molecule has 1 rings (SSSR count). The number of thioether (sulfide) groups is 1. The highest BCUT2D eigenvalue weighted by Crippen LogP contribution is 2.24. The molecule has 0 heterocycles. The Morgan fingerprint density at radius 1 is 1.44 bits per heavy atom. The van der Waals surface area contributed by atoms with Crippen molar-refractivity contribution in [2.45, 2.75) is 37.6 Å². The number of benzene rings is 1. The average molecular weight is 266 g/mol. The van der Waals surface area contributed by atoms with Crippen molar-refractivity contribution in [1.29, 1.82) is 0 Å². The molecule has 3 nitrogen and oxygen atoms in total. The first-order valence-electron chi connectivity index (χ1n) is 6.23. The van der Waals surface area contributed by atoms with Gasteiger partial charge in [-0.3, -0.25) is 4.79 Å². The Bertz CT molecular complexity index is 409. The van der Waals surface area contributed by atoms with E-state index in [9.17, 15) is 4.79 Å². The third-order valence-corrected chi connectivity index (χ3v) is 4.24. The molecule has 0 fully saturated rings. The van der Waals surface area contributed by atoms with Gasteiger partial charge in [0, 0.05) is 10.6 Å². The fourth-order valence-corrected chi connectivity index (χ4v) is 2.97. The van der Waals surface area contributed by atoms with Crippen molar-refractivity contribution in [3.05, 3.63) is 29.8 Å². The molecular formula is C14H22N2OS. The van der Waals surface area contributed by atoms with Crippen molar-refractivity contribution in [1.82, 2.24) is 5.32 Å². The summed E-state index contributed by atoms with van der Waals surface area (Å²) in [5, 5.41) is 3.17. The van der Waals surface area contributed by atoms with E-state index in [1.165, 1.54) is 10.5 Å². The summed E-state index contributed by atoms with van der Waals surface area (Å²) >= 11 is 1.77. The number of hydrogen-bond acceptors (Lipinski definition) is 3. The first kappa shape index (κ1) is 15.1. The summed E-state index contributed by atoms with van der Waals surface area (Å²) in [6.07, 6.45) is 0.731. The topological polar surface area (TPSA) is 55.1 Å². The van der Waals surface area contributed by atoms with Crippen LogP contribution in [0.25, 0.3) is 0 Å². The molecule has 18 heavy (non-hydrogen) atoms. The quantitative estimate of drug-likeness (QED) is 0.745. The zero-order valence-electron chi connectivity index (χ0n) is 11.3. The summed E-state index contributed by atoms with van der Waals surface area (Å²) in [6, 6.07) is 8.27. The van der Waals surface area contributed by atoms with Gasteiger partial charge in [-0.25, -0.2) is 0 Å². The molecule has 3 N–H and O–H groups in total. The second-order valence-corrected chi connectivity index (χ2v) is 5.73. The first-order valence-corrected chi connectivity index (χ1v) is 7.21. The lowest BCUT2D eigenvalue weighted by molar-refractivity contribution is -0.123. The lowest BCUT2D eigenvalue weighted by atomic mass is 9.98. The van der Waals surface area contributed by atoms with Crippen molar-refractivity contribution in [2.24, 2.45) is 5.73 Å². The minimum absolute atomic E-state index is 0.283. The smallest absolute Gasteiger partial charge is 0.237 e. The number of amides is 1. The highest BCUT2D eigenvalue weighted by Gasteiger charge is 2.29. The first-order chi connectivity index (χ1) is 8.49. The van der Waals surface area contributed by atoms with Crippen LogP contribution in [0.1, 0.15) is 25.8 Å². The van der Waals surface area contributed by atoms with E-state index in [0.29, 0.717) is 0 Å². The average Bonchev–Trinajstić information content (AvgIpc) is 2.32. The van der Waals surface area contributed by atoms with Gasteiger partial charge in [-0.15, -0.1) is 11.8 Å². The van der Waals surface area contributed by atoms with Crippen LogP contribution in [-0.4, -0.2) is 23.7 Å². The Hall–Kier alpha value is -1.00. The minimum Gasteiger partial charge on any atom is -0.368 e. The Kier molecular flexibility index (Phi) is 5.69. The number of rotatable bonds is 7. The molecule has 1 atom stereocenters. The van der Waals surface area contributed by atoms with Crippen molar-refractivity contribution < 1.29 is 4.79 Å². The highest BCUT2D eigenvalue weighted by atomic mass is 32.2. The summed E-state index contributed by atoms with van der Waals surface area (Å²) < 4.78 is 0. The molecule has 1 unspecified atom stereocenters. The second-order valence-electron chi connectivity index (χ2n) is 4.59. The van der Waals surface area contributed by atoms with Gasteiger partial charge >= 0.3 is 0 Å². The summed E-state index contributed by atoms with van der Waals surface area (Å²) in [5.41, 5.74) is 6.12. The molecule has 1 amide bonds. The van der Waals surface area contributed by atoms with Crippen LogP contribution in [-0.2, 0) is 4.79 Å². The molecule has 0 saturated heterocycles. The zero-order chi connectivity index (χ0) is 13.6. The lowest BCUT2D eigenvalue weighted by Gasteiger charge is -2.26. The van der Waals surface area contributed by atoms with Gasteiger partial charge in [0.1, 0.15) is 0 Å². The van der Waals surface area contributed by atoms with Crippen LogP contribution in [0, 0.1) is 6.92 Å². The molecule has 1 aromatic rings. The number of hydrogen-bond donors (Lipinski definition) is 2. The molecule has 0 bridgehead atoms. The molecule has 1 aromatic carbocycles. The second kappa shape index (κ2) is 6.81. The van der Waals surface area contributed by atoms with E-state index >= 15 is 0 Å². The van der Waals surface area contributed by atoms with Crippen LogP contribution in [0.2, 0.25) is 0 Å². The Balaban J connectivity index is 2.54. The number of carbonyl (C=O) groups is 1. The summed E-state index contributed by atoms with van der Waals surface area (Å²) in [7, 11) is 0. The molecule has 0 saturated carbocycles. The maximum absolute atomic E-state index is 11.5. The summed E-state index contributed by atoms with van der Waals surface area (Å²) in [4.78, 5) is 12.7. The Morgan fingerprint density at radius 2 is 2.11 bits per heavy atom. The monoisotopic (exact) mass is 266 g/mol. The van der Waals surface area contributed by atoms with Gasteiger partial charge in [-0.1, -0.05) is 25.1 Å². The van der Waals surface area contributed by atoms with Crippen LogP contribution in [0.4, 0.5) is 0 Å². The van der Waals surface area contributed by atoms with Crippen LogP contribution in [0.15, 0.2) is 29.2 Å². The van der Waals surface area contributed by atoms with E-state index in [1.54, 1.807) is 11.8 Å². The van der Waals surface area contributed by atoms with E-state index < -0.39 is 5.54 Å². The highest BCUT2D eigenvalue weighted by molar-refractivity contribution is 7.99. The number of nitrogens with two attached hydrogens (primary N) is 1. The largest absolute Gasteiger partial charge is 0.368 e. The maximum Gasteiger partial charge on any atom is 0.237 e. The van der Waals surface area contributed by atoms with Gasteiger partial charge in [0.15, 0.2) is 0 Å². The van der Waals surface area contributed by atoms with E-state index in [4.69, 9.17) is 5.73 Å². The fourth-order valence-electron chi connectivity index (χ4n) is 1.77. The van der Waals surface area contributed by atoms with Crippen molar-refractivity contribution in [3.63, 3.8) is 0 Å². The molecule has 0 spiro atoms. The Morgan fingerprint density at radius 3 is 2.67 bits per heavy atom. The van der Waals surface area contributed by atoms with Crippen LogP contribution < -0.4 is 11.1 Å². The van der Waals surface area contributed by atoms with Crippen molar-refractivity contribution in [3.8, 4) is 0 Å². The molecule has 0 aromatic heterocycles. The van der Waals surface area contributed by atoms with Crippen LogP contribution in [0.5, 0.6) is 0 Å². The van der Waals surface area contributed by atoms with Gasteiger partial charge in [0.2, 0.25) is 5.91 Å². The predicted molar refractivity (Wildman–Crippen MR) is 77.8 cm³/mol. The number of carbonyl (C=O) groups excluding carboxylic acids is 1. The Labute approximate surface area is 114 Å². The van der Waals surface area contributed by atoms with Gasteiger partial charge in [-0.2, -0.15) is 0 Å².